The molecule has 0 aliphatic carbocycles. The highest BCUT2D eigenvalue weighted by molar-refractivity contribution is 5.99. The number of rotatable bonds is 8. The number of aromatic nitrogens is 3. The first-order valence-electron chi connectivity index (χ1n) is 13.7. The summed E-state index contributed by atoms with van der Waals surface area (Å²) in [6.45, 7) is 2.04. The Kier molecular flexibility index (Phi) is 7.10. The minimum atomic E-state index is -0.704. The van der Waals surface area contributed by atoms with Crippen LogP contribution in [0.15, 0.2) is 103 Å². The molecule has 0 radical (unpaired) electrons. The highest BCUT2D eigenvalue weighted by Crippen LogP contribution is 2.36. The molecule has 4 aromatic carbocycles. The highest BCUT2D eigenvalue weighted by Gasteiger charge is 2.25. The quantitative estimate of drug-likeness (QED) is 0.163. The molecule has 0 spiro atoms. The fourth-order valence-electron chi connectivity index (χ4n) is 5.26. The Balaban J connectivity index is 1.51. The summed E-state index contributed by atoms with van der Waals surface area (Å²) in [4.78, 5) is 24.3. The number of hydrogen-bond donors (Lipinski definition) is 4. The van der Waals surface area contributed by atoms with Gasteiger partial charge in [0.05, 0.1) is 11.9 Å². The molecule has 6 N–H and O–H groups in total. The monoisotopic (exact) mass is 556 g/mol. The number of nitrogens with zero attached hydrogens (tertiary/aromatic N) is 2. The van der Waals surface area contributed by atoms with E-state index in [0.717, 1.165) is 34.0 Å². The molecule has 42 heavy (non-hydrogen) atoms. The van der Waals surface area contributed by atoms with Crippen molar-refractivity contribution in [2.24, 2.45) is 5.73 Å². The van der Waals surface area contributed by atoms with Crippen molar-refractivity contribution in [1.29, 1.82) is 0 Å². The summed E-state index contributed by atoms with van der Waals surface area (Å²) in [6.07, 6.45) is 4.01. The van der Waals surface area contributed by atoms with Crippen LogP contribution in [0.1, 0.15) is 40.3 Å². The number of fused-ring (bicyclic) bond motifs is 1. The van der Waals surface area contributed by atoms with Crippen molar-refractivity contribution in [2.75, 3.05) is 11.1 Å². The summed E-state index contributed by atoms with van der Waals surface area (Å²) in [6, 6.07) is 27.2. The number of benzene rings is 4. The summed E-state index contributed by atoms with van der Waals surface area (Å²) < 4.78 is 16.6. The summed E-state index contributed by atoms with van der Waals surface area (Å²) in [7, 11) is 0. The Morgan fingerprint density at radius 1 is 0.952 bits per heavy atom. The van der Waals surface area contributed by atoms with Crippen molar-refractivity contribution in [3.8, 4) is 22.4 Å². The number of anilines is 2. The molecule has 2 heterocycles. The molecule has 8 heteroatoms. The average molecular weight is 557 g/mol. The van der Waals surface area contributed by atoms with Gasteiger partial charge in [0.25, 0.3) is 0 Å². The van der Waals surface area contributed by atoms with E-state index in [0.29, 0.717) is 39.6 Å². The number of carbonyl (C=O) groups excluding carboxylic acids is 1. The Labute approximate surface area is 242 Å². The number of amides is 1. The second-order valence-corrected chi connectivity index (χ2v) is 10.1. The Morgan fingerprint density at radius 2 is 1.74 bits per heavy atom. The number of pyridine rings is 1. The molecule has 1 amide bonds. The zero-order valence-electron chi connectivity index (χ0n) is 22.9. The second kappa shape index (κ2) is 11.2. The predicted octanol–water partition coefficient (Wildman–Crippen LogP) is 6.88. The Hall–Kier alpha value is -5.50. The number of imidazole rings is 1. The standard InChI is InChI=1S/C34H29FN6O/c1-2-20-16-27(21-8-4-3-5-9-21)30(35)28(17-20)31(40-23-12-13-24-22(18-23)14-15-38-32(24)36)34-39-19-29(41-34)25-10-6-7-11-26(25)33(37)42/h3-19,31,40H,2H2,1H3,(H2,36,38)(H2,37,42)(H,39,41). The van der Waals surface area contributed by atoms with E-state index in [1.165, 1.54) is 0 Å². The van der Waals surface area contributed by atoms with Gasteiger partial charge in [-0.05, 0) is 59.3 Å². The number of H-pyrrole nitrogens is 1. The van der Waals surface area contributed by atoms with E-state index in [2.05, 4.69) is 20.3 Å². The van der Waals surface area contributed by atoms with Gasteiger partial charge in [-0.2, -0.15) is 0 Å². The lowest BCUT2D eigenvalue weighted by atomic mass is 9.94. The van der Waals surface area contributed by atoms with Crippen LogP contribution in [0.3, 0.4) is 0 Å². The maximum Gasteiger partial charge on any atom is 0.249 e. The van der Waals surface area contributed by atoms with Gasteiger partial charge in [0.15, 0.2) is 0 Å². The van der Waals surface area contributed by atoms with Crippen molar-refractivity contribution in [1.82, 2.24) is 15.0 Å². The van der Waals surface area contributed by atoms with E-state index in [1.54, 1.807) is 30.6 Å². The average Bonchev–Trinajstić information content (AvgIpc) is 3.51. The van der Waals surface area contributed by atoms with Gasteiger partial charge in [-0.25, -0.2) is 14.4 Å². The van der Waals surface area contributed by atoms with Gasteiger partial charge < -0.3 is 21.8 Å². The van der Waals surface area contributed by atoms with Crippen molar-refractivity contribution in [2.45, 2.75) is 19.4 Å². The third kappa shape index (κ3) is 5.06. The van der Waals surface area contributed by atoms with Gasteiger partial charge in [0.2, 0.25) is 5.91 Å². The van der Waals surface area contributed by atoms with E-state index in [9.17, 15) is 4.79 Å². The molecule has 6 aromatic rings. The summed E-state index contributed by atoms with van der Waals surface area (Å²) in [5.74, 6) is 0.0227. The molecule has 208 valence electrons. The fourth-order valence-corrected chi connectivity index (χ4v) is 5.26. The van der Waals surface area contributed by atoms with Gasteiger partial charge in [-0.15, -0.1) is 0 Å². The van der Waals surface area contributed by atoms with Crippen LogP contribution in [0.5, 0.6) is 0 Å². The molecule has 0 aliphatic rings. The number of halogens is 1. The maximum absolute atomic E-state index is 16.6. The van der Waals surface area contributed by atoms with Gasteiger partial charge in [-0.3, -0.25) is 4.79 Å². The Morgan fingerprint density at radius 3 is 2.52 bits per heavy atom. The summed E-state index contributed by atoms with van der Waals surface area (Å²) in [5, 5.41) is 5.23. The van der Waals surface area contributed by atoms with Crippen molar-refractivity contribution >= 4 is 28.2 Å². The summed E-state index contributed by atoms with van der Waals surface area (Å²) in [5.41, 5.74) is 16.8. The molecule has 0 bridgehead atoms. The minimum absolute atomic E-state index is 0.347. The zero-order chi connectivity index (χ0) is 29.2. The van der Waals surface area contributed by atoms with Crippen LogP contribution < -0.4 is 16.8 Å². The highest BCUT2D eigenvalue weighted by atomic mass is 19.1. The van der Waals surface area contributed by atoms with Crippen LogP contribution in [0.4, 0.5) is 15.9 Å². The molecule has 6 rings (SSSR count). The number of hydrogen-bond acceptors (Lipinski definition) is 5. The number of nitrogen functional groups attached to an aromatic ring is 1. The third-order valence-corrected chi connectivity index (χ3v) is 7.42. The Bertz CT molecular complexity index is 1920. The maximum atomic E-state index is 16.6. The number of primary amides is 1. The van der Waals surface area contributed by atoms with Crippen molar-refractivity contribution < 1.29 is 9.18 Å². The normalized spacial score (nSPS) is 11.9. The molecule has 7 nitrogen and oxygen atoms in total. The lowest BCUT2D eigenvalue weighted by molar-refractivity contribution is 0.100. The lowest BCUT2D eigenvalue weighted by Crippen LogP contribution is -2.17. The molecular weight excluding hydrogens is 527 g/mol. The van der Waals surface area contributed by atoms with Gasteiger partial charge in [0, 0.05) is 39.5 Å². The van der Waals surface area contributed by atoms with Crippen LogP contribution in [-0.4, -0.2) is 20.9 Å². The predicted molar refractivity (Wildman–Crippen MR) is 165 cm³/mol. The molecule has 0 saturated carbocycles. The molecular formula is C34H29FN6O. The fraction of sp³-hybridized carbons (Fsp3) is 0.0882. The molecule has 0 saturated heterocycles. The van der Waals surface area contributed by atoms with E-state index >= 15 is 4.39 Å². The van der Waals surface area contributed by atoms with Gasteiger partial charge >= 0.3 is 0 Å². The van der Waals surface area contributed by atoms with Crippen LogP contribution in [-0.2, 0) is 6.42 Å². The number of carbonyl (C=O) groups is 1. The van der Waals surface area contributed by atoms with E-state index < -0.39 is 11.9 Å². The van der Waals surface area contributed by atoms with Gasteiger partial charge in [0.1, 0.15) is 23.5 Å². The third-order valence-electron chi connectivity index (χ3n) is 7.42. The van der Waals surface area contributed by atoms with Crippen LogP contribution >= 0.6 is 0 Å². The number of aryl methyl sites for hydroxylation is 1. The molecule has 0 aliphatic heterocycles. The topological polar surface area (TPSA) is 123 Å². The molecule has 1 unspecified atom stereocenters. The first-order chi connectivity index (χ1) is 20.4. The molecule has 1 atom stereocenters. The van der Waals surface area contributed by atoms with E-state index in [-0.39, 0.29) is 5.82 Å². The lowest BCUT2D eigenvalue weighted by Gasteiger charge is -2.22. The minimum Gasteiger partial charge on any atom is -0.383 e. The SMILES string of the molecule is CCc1cc(-c2ccccc2)c(F)c(C(Nc2ccc3c(N)nccc3c2)c2ncc(-c3ccccc3C(N)=O)[nH]2)c1. The summed E-state index contributed by atoms with van der Waals surface area (Å²) >= 11 is 0. The molecule has 0 fully saturated rings. The number of nitrogens with two attached hydrogens (primary N) is 2. The second-order valence-electron chi connectivity index (χ2n) is 10.1. The van der Waals surface area contributed by atoms with Crippen molar-refractivity contribution in [3.63, 3.8) is 0 Å². The van der Waals surface area contributed by atoms with Crippen molar-refractivity contribution in [3.05, 3.63) is 132 Å². The van der Waals surface area contributed by atoms with Crippen LogP contribution in [0.25, 0.3) is 33.2 Å². The number of aromatic amines is 1. The largest absolute Gasteiger partial charge is 0.383 e. The van der Waals surface area contributed by atoms with Crippen LogP contribution in [0, 0.1) is 5.82 Å². The van der Waals surface area contributed by atoms with Crippen LogP contribution in [0.2, 0.25) is 0 Å². The first-order valence-corrected chi connectivity index (χ1v) is 13.7. The first kappa shape index (κ1) is 26.7. The number of nitrogens with one attached hydrogen (secondary N) is 2. The molecule has 2 aromatic heterocycles. The van der Waals surface area contributed by atoms with E-state index in [1.807, 2.05) is 79.7 Å². The zero-order valence-corrected chi connectivity index (χ0v) is 22.9. The smallest absolute Gasteiger partial charge is 0.249 e. The van der Waals surface area contributed by atoms with E-state index in [4.69, 9.17) is 11.5 Å². The van der Waals surface area contributed by atoms with Gasteiger partial charge in [-0.1, -0.05) is 61.5 Å².